The third-order valence-corrected chi connectivity index (χ3v) is 5.04. The summed E-state index contributed by atoms with van der Waals surface area (Å²) < 4.78 is 5.04. The molecule has 0 spiro atoms. The molecular weight excluding hydrogens is 278 g/mol. The van der Waals surface area contributed by atoms with Crippen LogP contribution in [0, 0.1) is 19.3 Å². The van der Waals surface area contributed by atoms with E-state index in [9.17, 15) is 14.7 Å². The number of rotatable bonds is 4. The lowest BCUT2D eigenvalue weighted by molar-refractivity contribution is -0.151. The summed E-state index contributed by atoms with van der Waals surface area (Å²) in [7, 11) is 1.49. The molecule has 0 bridgehead atoms. The molecule has 0 aliphatic carbocycles. The van der Waals surface area contributed by atoms with Crippen molar-refractivity contribution in [2.75, 3.05) is 26.8 Å². The average Bonchev–Trinajstić information content (AvgIpc) is 2.96. The summed E-state index contributed by atoms with van der Waals surface area (Å²) >= 11 is 1.55. The summed E-state index contributed by atoms with van der Waals surface area (Å²) in [6, 6.07) is 0. The number of carbonyl (C=O) groups is 2. The normalized spacial score (nSPS) is 22.2. The number of nitrogens with zero attached hydrogens (tertiary/aromatic N) is 1. The molecule has 0 saturated carbocycles. The molecule has 1 fully saturated rings. The van der Waals surface area contributed by atoms with E-state index < -0.39 is 11.4 Å². The largest absolute Gasteiger partial charge is 0.481 e. The standard InChI is InChI=1S/C14H19NO4S/c1-9-10(2)20-6-11(9)12(16)15-5-4-14(7-15,8-19-3)13(17)18/h6H,4-5,7-8H2,1-3H3,(H,17,18). The van der Waals surface area contributed by atoms with Gasteiger partial charge in [0.1, 0.15) is 5.41 Å². The highest BCUT2D eigenvalue weighted by atomic mass is 32.1. The second-order valence-electron chi connectivity index (χ2n) is 5.33. The molecule has 6 heteroatoms. The van der Waals surface area contributed by atoms with Gasteiger partial charge in [-0.25, -0.2) is 0 Å². The van der Waals surface area contributed by atoms with Crippen LogP contribution in [0.15, 0.2) is 5.38 Å². The van der Waals surface area contributed by atoms with Gasteiger partial charge in [0.15, 0.2) is 0 Å². The van der Waals surface area contributed by atoms with Gasteiger partial charge in [0.2, 0.25) is 0 Å². The molecule has 1 atom stereocenters. The van der Waals surface area contributed by atoms with E-state index in [1.165, 1.54) is 7.11 Å². The number of hydrogen-bond acceptors (Lipinski definition) is 4. The zero-order valence-electron chi connectivity index (χ0n) is 11.9. The van der Waals surface area contributed by atoms with E-state index in [-0.39, 0.29) is 19.1 Å². The van der Waals surface area contributed by atoms with Gasteiger partial charge in [-0.05, 0) is 25.8 Å². The Kier molecular flexibility index (Phi) is 4.15. The van der Waals surface area contributed by atoms with Crippen LogP contribution < -0.4 is 0 Å². The highest BCUT2D eigenvalue weighted by Gasteiger charge is 2.46. The van der Waals surface area contributed by atoms with Crippen LogP contribution in [0.4, 0.5) is 0 Å². The van der Waals surface area contributed by atoms with Crippen LogP contribution in [-0.2, 0) is 9.53 Å². The number of hydrogen-bond donors (Lipinski definition) is 1. The highest BCUT2D eigenvalue weighted by Crippen LogP contribution is 2.33. The molecule has 0 aromatic carbocycles. The summed E-state index contributed by atoms with van der Waals surface area (Å²) in [6.07, 6.45) is 0.435. The van der Waals surface area contributed by atoms with Gasteiger partial charge in [-0.2, -0.15) is 0 Å². The molecule has 0 radical (unpaired) electrons. The van der Waals surface area contributed by atoms with Gasteiger partial charge in [0.05, 0.1) is 12.2 Å². The number of carboxylic acid groups (broad SMARTS) is 1. The predicted molar refractivity (Wildman–Crippen MR) is 76.3 cm³/mol. The van der Waals surface area contributed by atoms with E-state index in [1.54, 1.807) is 16.2 Å². The molecule has 1 aliphatic heterocycles. The number of aryl methyl sites for hydroxylation is 1. The van der Waals surface area contributed by atoms with Crippen molar-refractivity contribution < 1.29 is 19.4 Å². The van der Waals surface area contributed by atoms with Crippen molar-refractivity contribution in [3.63, 3.8) is 0 Å². The Morgan fingerprint density at radius 2 is 2.20 bits per heavy atom. The van der Waals surface area contributed by atoms with Gasteiger partial charge < -0.3 is 14.7 Å². The van der Waals surface area contributed by atoms with Crippen LogP contribution in [-0.4, -0.2) is 48.7 Å². The minimum atomic E-state index is -0.969. The minimum absolute atomic E-state index is 0.0777. The summed E-state index contributed by atoms with van der Waals surface area (Å²) in [5.74, 6) is -0.973. The van der Waals surface area contributed by atoms with Crippen LogP contribution in [0.5, 0.6) is 0 Å². The zero-order valence-corrected chi connectivity index (χ0v) is 12.7. The maximum absolute atomic E-state index is 12.5. The van der Waals surface area contributed by atoms with E-state index in [4.69, 9.17) is 4.74 Å². The Labute approximate surface area is 122 Å². The first kappa shape index (κ1) is 15.0. The topological polar surface area (TPSA) is 66.8 Å². The Morgan fingerprint density at radius 3 is 2.70 bits per heavy atom. The van der Waals surface area contributed by atoms with E-state index in [0.717, 1.165) is 10.4 Å². The smallest absolute Gasteiger partial charge is 0.313 e. The molecule has 1 aliphatic rings. The summed E-state index contributed by atoms with van der Waals surface area (Å²) in [6.45, 7) is 4.71. The zero-order chi connectivity index (χ0) is 14.9. The number of amides is 1. The summed E-state index contributed by atoms with van der Waals surface area (Å²) in [5.41, 5.74) is 0.703. The van der Waals surface area contributed by atoms with Gasteiger partial charge >= 0.3 is 5.97 Å². The molecule has 1 N–H and O–H groups in total. The van der Waals surface area contributed by atoms with Crippen molar-refractivity contribution in [3.8, 4) is 0 Å². The Morgan fingerprint density at radius 1 is 1.50 bits per heavy atom. The van der Waals surface area contributed by atoms with E-state index in [1.807, 2.05) is 19.2 Å². The predicted octanol–water partition coefficient (Wildman–Crippen LogP) is 1.93. The van der Waals surface area contributed by atoms with Crippen LogP contribution in [0.25, 0.3) is 0 Å². The SMILES string of the molecule is COCC1(C(=O)O)CCN(C(=O)c2csc(C)c2C)C1. The summed E-state index contributed by atoms with van der Waals surface area (Å²) in [4.78, 5) is 26.7. The molecule has 2 heterocycles. The fourth-order valence-corrected chi connectivity index (χ4v) is 3.43. The molecule has 110 valence electrons. The second kappa shape index (κ2) is 5.54. The fourth-order valence-electron chi connectivity index (χ4n) is 2.57. The van der Waals surface area contributed by atoms with Gasteiger partial charge in [0.25, 0.3) is 5.91 Å². The first-order valence-corrected chi connectivity index (χ1v) is 7.35. The molecule has 1 unspecified atom stereocenters. The Bertz CT molecular complexity index is 539. The Hall–Kier alpha value is -1.40. The first-order valence-electron chi connectivity index (χ1n) is 6.47. The molecular formula is C14H19NO4S. The lowest BCUT2D eigenvalue weighted by atomic mass is 9.88. The quantitative estimate of drug-likeness (QED) is 0.922. The second-order valence-corrected chi connectivity index (χ2v) is 6.41. The number of carbonyl (C=O) groups excluding carboxylic acids is 1. The lowest BCUT2D eigenvalue weighted by Gasteiger charge is -2.23. The lowest BCUT2D eigenvalue weighted by Crippen LogP contribution is -2.40. The number of ether oxygens (including phenoxy) is 1. The minimum Gasteiger partial charge on any atom is -0.481 e. The third-order valence-electron chi connectivity index (χ3n) is 4.03. The first-order chi connectivity index (χ1) is 9.41. The van der Waals surface area contributed by atoms with Crippen molar-refractivity contribution in [1.29, 1.82) is 0 Å². The van der Waals surface area contributed by atoms with Crippen molar-refractivity contribution >= 4 is 23.2 Å². The number of carboxylic acids is 1. The highest BCUT2D eigenvalue weighted by molar-refractivity contribution is 7.10. The average molecular weight is 297 g/mol. The van der Waals surface area contributed by atoms with Crippen LogP contribution in [0.2, 0.25) is 0 Å². The molecule has 5 nitrogen and oxygen atoms in total. The number of thiophene rings is 1. The van der Waals surface area contributed by atoms with E-state index in [2.05, 4.69) is 0 Å². The van der Waals surface area contributed by atoms with Crippen LogP contribution in [0.1, 0.15) is 27.2 Å². The molecule has 1 aromatic heterocycles. The maximum atomic E-state index is 12.5. The van der Waals surface area contributed by atoms with Crippen molar-refractivity contribution in [2.24, 2.45) is 5.41 Å². The van der Waals surface area contributed by atoms with Gasteiger partial charge in [-0.1, -0.05) is 0 Å². The monoisotopic (exact) mass is 297 g/mol. The molecule has 2 rings (SSSR count). The van der Waals surface area contributed by atoms with E-state index >= 15 is 0 Å². The van der Waals surface area contributed by atoms with Crippen molar-refractivity contribution in [1.82, 2.24) is 4.90 Å². The van der Waals surface area contributed by atoms with Crippen molar-refractivity contribution in [3.05, 3.63) is 21.4 Å². The number of methoxy groups -OCH3 is 1. The van der Waals surface area contributed by atoms with Gasteiger partial charge in [-0.3, -0.25) is 9.59 Å². The van der Waals surface area contributed by atoms with Crippen LogP contribution in [0.3, 0.4) is 0 Å². The molecule has 1 amide bonds. The summed E-state index contributed by atoms with van der Waals surface area (Å²) in [5, 5.41) is 11.3. The molecule has 1 aromatic rings. The van der Waals surface area contributed by atoms with E-state index in [0.29, 0.717) is 18.5 Å². The third kappa shape index (κ3) is 2.45. The van der Waals surface area contributed by atoms with Crippen molar-refractivity contribution in [2.45, 2.75) is 20.3 Å². The van der Waals surface area contributed by atoms with Gasteiger partial charge in [0, 0.05) is 30.5 Å². The fraction of sp³-hybridized carbons (Fsp3) is 0.571. The van der Waals surface area contributed by atoms with Gasteiger partial charge in [-0.15, -0.1) is 11.3 Å². The van der Waals surface area contributed by atoms with Crippen LogP contribution >= 0.6 is 11.3 Å². The number of likely N-dealkylation sites (tertiary alicyclic amines) is 1. The maximum Gasteiger partial charge on any atom is 0.313 e. The Balaban J connectivity index is 2.18. The number of aliphatic carboxylic acids is 1. The molecule has 20 heavy (non-hydrogen) atoms. The molecule has 1 saturated heterocycles.